The highest BCUT2D eigenvalue weighted by atomic mass is 32.2. The summed E-state index contributed by atoms with van der Waals surface area (Å²) >= 11 is 0. The standard InChI is InChI=1S/C20H30N2O3S/c23-20(21-18-9-5-2-1-3-6-10-18)17-13-15-22(16-14-17)26(24,25)19-11-7-4-8-12-19/h4,7-8,11-12,17-18H,1-3,5-6,9-10,13-16H2,(H,21,23). The van der Waals surface area contributed by atoms with Crippen LogP contribution in [0.25, 0.3) is 0 Å². The Morgan fingerprint density at radius 1 is 0.885 bits per heavy atom. The van der Waals surface area contributed by atoms with Crippen LogP contribution in [-0.4, -0.2) is 37.8 Å². The maximum absolute atomic E-state index is 12.7. The van der Waals surface area contributed by atoms with E-state index in [2.05, 4.69) is 5.32 Å². The first-order valence-electron chi connectivity index (χ1n) is 9.93. The smallest absolute Gasteiger partial charge is 0.243 e. The number of nitrogens with one attached hydrogen (secondary N) is 1. The largest absolute Gasteiger partial charge is 0.353 e. The van der Waals surface area contributed by atoms with Crippen LogP contribution in [-0.2, 0) is 14.8 Å². The highest BCUT2D eigenvalue weighted by Crippen LogP contribution is 2.25. The molecule has 1 aliphatic carbocycles. The molecule has 5 nitrogen and oxygen atoms in total. The third-order valence-electron chi connectivity index (χ3n) is 5.66. The molecule has 0 radical (unpaired) electrons. The number of benzene rings is 1. The fourth-order valence-electron chi connectivity index (χ4n) is 4.02. The molecule has 0 spiro atoms. The van der Waals surface area contributed by atoms with Gasteiger partial charge in [-0.2, -0.15) is 4.31 Å². The molecule has 144 valence electrons. The van der Waals surface area contributed by atoms with Crippen molar-refractivity contribution in [3.05, 3.63) is 30.3 Å². The number of rotatable bonds is 4. The minimum Gasteiger partial charge on any atom is -0.353 e. The van der Waals surface area contributed by atoms with E-state index in [0.29, 0.717) is 36.9 Å². The fraction of sp³-hybridized carbons (Fsp3) is 0.650. The Hall–Kier alpha value is -1.40. The summed E-state index contributed by atoms with van der Waals surface area (Å²) in [7, 11) is -3.45. The zero-order valence-electron chi connectivity index (χ0n) is 15.4. The Morgan fingerprint density at radius 2 is 1.46 bits per heavy atom. The van der Waals surface area contributed by atoms with E-state index in [9.17, 15) is 13.2 Å². The maximum atomic E-state index is 12.7. The van der Waals surface area contributed by atoms with E-state index >= 15 is 0 Å². The molecule has 1 saturated heterocycles. The summed E-state index contributed by atoms with van der Waals surface area (Å²) in [6, 6.07) is 8.84. The van der Waals surface area contributed by atoms with Crippen molar-refractivity contribution in [3.63, 3.8) is 0 Å². The average Bonchev–Trinajstić information content (AvgIpc) is 2.64. The molecule has 6 heteroatoms. The van der Waals surface area contributed by atoms with Gasteiger partial charge in [0.2, 0.25) is 15.9 Å². The lowest BCUT2D eigenvalue weighted by Crippen LogP contribution is -2.45. The maximum Gasteiger partial charge on any atom is 0.243 e. The lowest BCUT2D eigenvalue weighted by atomic mass is 9.94. The lowest BCUT2D eigenvalue weighted by molar-refractivity contribution is -0.127. The Bertz CT molecular complexity index is 674. The molecule has 1 heterocycles. The molecule has 0 bridgehead atoms. The van der Waals surface area contributed by atoms with Crippen LogP contribution in [0.4, 0.5) is 0 Å². The van der Waals surface area contributed by atoms with E-state index in [1.165, 1.54) is 36.4 Å². The van der Waals surface area contributed by atoms with Crippen molar-refractivity contribution in [2.24, 2.45) is 5.92 Å². The molecule has 1 amide bonds. The van der Waals surface area contributed by atoms with E-state index in [-0.39, 0.29) is 11.8 Å². The molecule has 1 aromatic rings. The van der Waals surface area contributed by atoms with Gasteiger partial charge in [0.05, 0.1) is 4.90 Å². The first kappa shape index (κ1) is 19.4. The number of hydrogen-bond acceptors (Lipinski definition) is 3. The molecule has 1 aliphatic heterocycles. The predicted octanol–water partition coefficient (Wildman–Crippen LogP) is 3.32. The van der Waals surface area contributed by atoms with Crippen LogP contribution in [0.15, 0.2) is 35.2 Å². The highest BCUT2D eigenvalue weighted by molar-refractivity contribution is 7.89. The van der Waals surface area contributed by atoms with Gasteiger partial charge >= 0.3 is 0 Å². The molecular weight excluding hydrogens is 348 g/mol. The number of carbonyl (C=O) groups excluding carboxylic acids is 1. The third-order valence-corrected chi connectivity index (χ3v) is 7.57. The van der Waals surface area contributed by atoms with Gasteiger partial charge < -0.3 is 5.32 Å². The van der Waals surface area contributed by atoms with Crippen LogP contribution in [0.5, 0.6) is 0 Å². The van der Waals surface area contributed by atoms with E-state index in [0.717, 1.165) is 12.8 Å². The van der Waals surface area contributed by atoms with Gasteiger partial charge in [-0.15, -0.1) is 0 Å². The van der Waals surface area contributed by atoms with Crippen molar-refractivity contribution < 1.29 is 13.2 Å². The van der Waals surface area contributed by atoms with Crippen molar-refractivity contribution >= 4 is 15.9 Å². The van der Waals surface area contributed by atoms with E-state index in [1.807, 2.05) is 6.07 Å². The van der Waals surface area contributed by atoms with Gasteiger partial charge in [0.25, 0.3) is 0 Å². The van der Waals surface area contributed by atoms with Gasteiger partial charge in [-0.25, -0.2) is 8.42 Å². The van der Waals surface area contributed by atoms with Gasteiger partial charge in [0.1, 0.15) is 0 Å². The second-order valence-corrected chi connectivity index (χ2v) is 9.48. The summed E-state index contributed by atoms with van der Waals surface area (Å²) in [5, 5.41) is 3.23. The number of hydrogen-bond donors (Lipinski definition) is 1. The predicted molar refractivity (Wildman–Crippen MR) is 102 cm³/mol. The summed E-state index contributed by atoms with van der Waals surface area (Å²) in [4.78, 5) is 12.9. The molecule has 0 atom stereocenters. The summed E-state index contributed by atoms with van der Waals surface area (Å²) in [5.41, 5.74) is 0. The van der Waals surface area contributed by atoms with Crippen molar-refractivity contribution in [2.75, 3.05) is 13.1 Å². The second-order valence-electron chi connectivity index (χ2n) is 7.54. The van der Waals surface area contributed by atoms with Gasteiger partial charge in [-0.1, -0.05) is 50.3 Å². The molecular formula is C20H30N2O3S. The lowest BCUT2D eigenvalue weighted by Gasteiger charge is -2.31. The Morgan fingerprint density at radius 3 is 2.08 bits per heavy atom. The summed E-state index contributed by atoms with van der Waals surface area (Å²) in [6.07, 6.45) is 9.59. The minimum absolute atomic E-state index is 0.0670. The van der Waals surface area contributed by atoms with Crippen LogP contribution in [0.1, 0.15) is 57.8 Å². The quantitative estimate of drug-likeness (QED) is 0.874. The first-order chi connectivity index (χ1) is 12.6. The molecule has 1 N–H and O–H groups in total. The SMILES string of the molecule is O=C(NC1CCCCCCC1)C1CCN(S(=O)(=O)c2ccccc2)CC1. The van der Waals surface area contributed by atoms with Crippen LogP contribution in [0.2, 0.25) is 0 Å². The Kier molecular flexibility index (Phi) is 6.70. The molecule has 2 fully saturated rings. The van der Waals surface area contributed by atoms with Crippen LogP contribution < -0.4 is 5.32 Å². The van der Waals surface area contributed by atoms with Crippen molar-refractivity contribution in [2.45, 2.75) is 68.7 Å². The molecule has 0 unspecified atom stereocenters. The van der Waals surface area contributed by atoms with Crippen molar-refractivity contribution in [1.29, 1.82) is 0 Å². The van der Waals surface area contributed by atoms with Crippen molar-refractivity contribution in [1.82, 2.24) is 9.62 Å². The monoisotopic (exact) mass is 378 g/mol. The summed E-state index contributed by atoms with van der Waals surface area (Å²) < 4.78 is 26.9. The highest BCUT2D eigenvalue weighted by Gasteiger charge is 2.32. The number of amides is 1. The first-order valence-corrected chi connectivity index (χ1v) is 11.4. The molecule has 2 aliphatic rings. The zero-order valence-corrected chi connectivity index (χ0v) is 16.2. The topological polar surface area (TPSA) is 66.5 Å². The second kappa shape index (κ2) is 9.00. The number of carbonyl (C=O) groups is 1. The molecule has 1 aromatic carbocycles. The summed E-state index contributed by atoms with van der Waals surface area (Å²) in [5.74, 6) is 0.0509. The van der Waals surface area contributed by atoms with E-state index < -0.39 is 10.0 Å². The van der Waals surface area contributed by atoms with Crippen LogP contribution >= 0.6 is 0 Å². The van der Waals surface area contributed by atoms with Crippen molar-refractivity contribution in [3.8, 4) is 0 Å². The van der Waals surface area contributed by atoms with Crippen LogP contribution in [0, 0.1) is 5.92 Å². The van der Waals surface area contributed by atoms with Gasteiger partial charge in [-0.3, -0.25) is 4.79 Å². The average molecular weight is 379 g/mol. The number of nitrogens with zero attached hydrogens (tertiary/aromatic N) is 1. The Balaban J connectivity index is 1.52. The third kappa shape index (κ3) is 4.86. The molecule has 0 aromatic heterocycles. The van der Waals surface area contributed by atoms with Gasteiger partial charge in [0.15, 0.2) is 0 Å². The fourth-order valence-corrected chi connectivity index (χ4v) is 5.51. The minimum atomic E-state index is -3.45. The number of sulfonamides is 1. The van der Waals surface area contributed by atoms with E-state index in [4.69, 9.17) is 0 Å². The molecule has 3 rings (SSSR count). The van der Waals surface area contributed by atoms with Gasteiger partial charge in [0, 0.05) is 25.0 Å². The van der Waals surface area contributed by atoms with Crippen LogP contribution in [0.3, 0.4) is 0 Å². The van der Waals surface area contributed by atoms with Gasteiger partial charge in [-0.05, 0) is 37.8 Å². The Labute approximate surface area is 157 Å². The normalized spacial score (nSPS) is 21.7. The number of piperidine rings is 1. The summed E-state index contributed by atoms with van der Waals surface area (Å²) in [6.45, 7) is 0.833. The molecule has 26 heavy (non-hydrogen) atoms. The zero-order chi connectivity index (χ0) is 18.4. The molecule has 1 saturated carbocycles. The van der Waals surface area contributed by atoms with E-state index in [1.54, 1.807) is 24.3 Å².